The van der Waals surface area contributed by atoms with Crippen molar-refractivity contribution in [1.29, 1.82) is 0 Å². The maximum Gasteiger partial charge on any atom is 0.408 e. The molecule has 0 spiro atoms. The average Bonchev–Trinajstić information content (AvgIpc) is 4.06. The monoisotopic (exact) mass is 879 g/mol. The van der Waals surface area contributed by atoms with Crippen LogP contribution in [0.3, 0.4) is 0 Å². The summed E-state index contributed by atoms with van der Waals surface area (Å²) in [5.41, 5.74) is -3.66. The van der Waals surface area contributed by atoms with E-state index in [9.17, 15) is 31.6 Å². The van der Waals surface area contributed by atoms with E-state index in [1.807, 2.05) is 19.9 Å². The number of nitrogens with zero attached hydrogens (tertiary/aromatic N) is 2. The number of carbonyl (C=O) groups excluding carboxylic acids is 4. The number of halogens is 3. The van der Waals surface area contributed by atoms with Gasteiger partial charge in [-0.15, -0.1) is 0 Å². The summed E-state index contributed by atoms with van der Waals surface area (Å²) in [6.45, 7) is 7.79. The Kier molecular flexibility index (Phi) is 12.6. The Labute approximate surface area is 353 Å². The van der Waals surface area contributed by atoms with Crippen LogP contribution in [-0.2, 0) is 29.1 Å². The minimum Gasteiger partial charge on any atom is -0.494 e. The minimum absolute atomic E-state index is 0.0138. The summed E-state index contributed by atoms with van der Waals surface area (Å²) in [6.07, 6.45) is 4.09. The van der Waals surface area contributed by atoms with Gasteiger partial charge in [-0.2, -0.15) is 0 Å². The Hall–Kier alpha value is -4.81. The van der Waals surface area contributed by atoms with Crippen LogP contribution in [0, 0.1) is 23.6 Å². The Morgan fingerprint density at radius 3 is 2.39 bits per heavy atom. The molecule has 3 N–H and O–H groups in total. The lowest BCUT2D eigenvalue weighted by molar-refractivity contribution is -0.152. The Morgan fingerprint density at radius 1 is 1.07 bits per heavy atom. The van der Waals surface area contributed by atoms with Crippen LogP contribution in [0.15, 0.2) is 30.4 Å². The second-order valence-corrected chi connectivity index (χ2v) is 19.9. The molecule has 3 heterocycles. The number of rotatable bonds is 11. The van der Waals surface area contributed by atoms with Gasteiger partial charge in [-0.05, 0) is 77.2 Å². The van der Waals surface area contributed by atoms with E-state index in [2.05, 4.69) is 20.3 Å². The van der Waals surface area contributed by atoms with E-state index >= 15 is 9.18 Å². The number of aromatic nitrogens is 1. The van der Waals surface area contributed by atoms with Gasteiger partial charge < -0.3 is 34.5 Å². The molecule has 0 bridgehead atoms. The zero-order chi connectivity index (χ0) is 44.9. The van der Waals surface area contributed by atoms with Crippen LogP contribution in [0.4, 0.5) is 18.0 Å². The van der Waals surface area contributed by atoms with Crippen LogP contribution < -0.4 is 29.6 Å². The molecule has 0 radical (unpaired) electrons. The van der Waals surface area contributed by atoms with E-state index in [-0.39, 0.29) is 53.6 Å². The number of fused-ring (bicyclic) bond motifs is 3. The molecular formula is C42H56F3N5O10S. The SMILES string of the molecule is CC[C@@H]1C[C@H](C)CC/C=C\[C@@H]2C[C@@]2(C(=O)NS(=O)(=O)C2(C)CC2)NC(=O)[C@@H]2C[C@@H](Oc3cc(OC)nc4cc(OC)c(F)cc34)CN2C(=O)[C@H]1NC(=O)OC(C)(C)C(C)(F)F. The molecule has 1 aromatic heterocycles. The number of amides is 4. The number of hydrogen-bond acceptors (Lipinski definition) is 11. The highest BCUT2D eigenvalue weighted by Crippen LogP contribution is 2.48. The van der Waals surface area contributed by atoms with E-state index in [1.54, 1.807) is 6.08 Å². The van der Waals surface area contributed by atoms with E-state index in [1.165, 1.54) is 44.2 Å². The summed E-state index contributed by atoms with van der Waals surface area (Å²) in [5.74, 6) is -7.59. The molecule has 19 heteroatoms. The van der Waals surface area contributed by atoms with Crippen molar-refractivity contribution in [3.63, 3.8) is 0 Å². The Balaban J connectivity index is 1.40. The molecule has 15 nitrogen and oxygen atoms in total. The first kappa shape index (κ1) is 45.7. The summed E-state index contributed by atoms with van der Waals surface area (Å²) in [4.78, 5) is 62.7. The van der Waals surface area contributed by atoms with Gasteiger partial charge in [0.05, 0.1) is 31.0 Å². The van der Waals surface area contributed by atoms with E-state index in [0.717, 1.165) is 13.8 Å². The first-order valence-electron chi connectivity index (χ1n) is 20.6. The van der Waals surface area contributed by atoms with Crippen molar-refractivity contribution in [3.8, 4) is 17.4 Å². The van der Waals surface area contributed by atoms with Gasteiger partial charge in [0, 0.05) is 36.8 Å². The molecular weight excluding hydrogens is 824 g/mol. The number of carbonyl (C=O) groups is 4. The quantitative estimate of drug-likeness (QED) is 0.240. The number of alkyl carbamates (subject to hydrolysis) is 1. The zero-order valence-electron chi connectivity index (χ0n) is 35.7. The number of pyridine rings is 1. The predicted octanol–water partition coefficient (Wildman–Crippen LogP) is 5.54. The molecule has 2 aliphatic heterocycles. The van der Waals surface area contributed by atoms with Gasteiger partial charge in [0.25, 0.3) is 11.8 Å². The number of hydrogen-bond donors (Lipinski definition) is 3. The fourth-order valence-corrected chi connectivity index (χ4v) is 9.32. The number of nitrogens with one attached hydrogen (secondary N) is 3. The van der Waals surface area contributed by atoms with Crippen molar-refractivity contribution in [2.75, 3.05) is 20.8 Å². The lowest BCUT2D eigenvalue weighted by atomic mass is 9.85. The zero-order valence-corrected chi connectivity index (χ0v) is 36.6. The predicted molar refractivity (Wildman–Crippen MR) is 217 cm³/mol. The third-order valence-corrected chi connectivity index (χ3v) is 15.0. The third-order valence-electron chi connectivity index (χ3n) is 12.8. The molecule has 7 atom stereocenters. The van der Waals surface area contributed by atoms with Crippen molar-refractivity contribution in [3.05, 3.63) is 36.2 Å². The van der Waals surface area contributed by atoms with E-state index < -0.39 is 91.5 Å². The maximum absolute atomic E-state index is 15.1. The molecule has 4 amide bonds. The fraction of sp³-hybridized carbons (Fsp3) is 0.643. The lowest BCUT2D eigenvalue weighted by Crippen LogP contribution is -2.60. The summed E-state index contributed by atoms with van der Waals surface area (Å²) in [5, 5.41) is 5.60. The van der Waals surface area contributed by atoms with Crippen LogP contribution in [0.25, 0.3) is 10.9 Å². The van der Waals surface area contributed by atoms with Crippen LogP contribution in [0.2, 0.25) is 0 Å². The van der Waals surface area contributed by atoms with Crippen molar-refractivity contribution in [2.24, 2.45) is 17.8 Å². The highest BCUT2D eigenvalue weighted by molar-refractivity contribution is 7.91. The summed E-state index contributed by atoms with van der Waals surface area (Å²) < 4.78 is 93.8. The van der Waals surface area contributed by atoms with Gasteiger partial charge >= 0.3 is 6.09 Å². The summed E-state index contributed by atoms with van der Waals surface area (Å²) >= 11 is 0. The molecule has 2 saturated carbocycles. The minimum atomic E-state index is -4.10. The van der Waals surface area contributed by atoms with Crippen LogP contribution >= 0.6 is 0 Å². The fourth-order valence-electron chi connectivity index (χ4n) is 8.00. The molecule has 4 aliphatic rings. The number of methoxy groups -OCH3 is 2. The smallest absolute Gasteiger partial charge is 0.408 e. The number of benzene rings is 1. The second kappa shape index (κ2) is 16.8. The first-order chi connectivity index (χ1) is 28.5. The van der Waals surface area contributed by atoms with Crippen molar-refractivity contribution < 1.29 is 59.7 Å². The van der Waals surface area contributed by atoms with Gasteiger partial charge in [0.1, 0.15) is 29.5 Å². The molecule has 3 fully saturated rings. The topological polar surface area (TPSA) is 192 Å². The largest absolute Gasteiger partial charge is 0.494 e. The highest BCUT2D eigenvalue weighted by Gasteiger charge is 2.63. The van der Waals surface area contributed by atoms with Crippen LogP contribution in [0.1, 0.15) is 92.9 Å². The summed E-state index contributed by atoms with van der Waals surface area (Å²) in [7, 11) is -1.42. The lowest BCUT2D eigenvalue weighted by Gasteiger charge is -2.35. The van der Waals surface area contributed by atoms with Crippen molar-refractivity contribution in [2.45, 2.75) is 133 Å². The second-order valence-electron chi connectivity index (χ2n) is 17.7. The first-order valence-corrected chi connectivity index (χ1v) is 22.1. The van der Waals surface area contributed by atoms with Crippen molar-refractivity contribution in [1.82, 2.24) is 25.2 Å². The molecule has 336 valence electrons. The molecule has 61 heavy (non-hydrogen) atoms. The molecule has 1 aromatic carbocycles. The standard InChI is InChI=1S/C42H56F3N5O10S/c1-9-24-16-23(2)12-10-11-13-25-21-42(25,37(53)49-61(55,56)40(5)14-15-40)48-35(51)30-17-26(22-50(30)36(52)34(24)47-38(54)60-39(3,4)41(6,44)45)59-31-20-33(58-8)46-29-19-32(57-7)28(43)18-27(29)31/h11,13,18-20,23-26,30,34H,9-10,12,14-17,21-22H2,1-8H3,(H,47,54)(H,48,51)(H,49,53)/b13-11-/t23-,24-,25-,26-,30+,34+,42-/m1/s1. The van der Waals surface area contributed by atoms with E-state index in [4.69, 9.17) is 18.9 Å². The average molecular weight is 880 g/mol. The Morgan fingerprint density at radius 2 is 1.77 bits per heavy atom. The van der Waals surface area contributed by atoms with Crippen molar-refractivity contribution >= 4 is 44.7 Å². The summed E-state index contributed by atoms with van der Waals surface area (Å²) in [6, 6.07) is 1.24. The number of allylic oxidation sites excluding steroid dienone is 1. The molecule has 6 rings (SSSR count). The molecule has 2 aliphatic carbocycles. The number of ether oxygens (including phenoxy) is 4. The third kappa shape index (κ3) is 9.36. The molecule has 0 unspecified atom stereocenters. The van der Waals surface area contributed by atoms with Crippen LogP contribution in [-0.4, -0.2) is 103 Å². The normalized spacial score (nSPS) is 28.5. The Bertz CT molecular complexity index is 2200. The number of alkyl halides is 2. The van der Waals surface area contributed by atoms with Crippen LogP contribution in [0.5, 0.6) is 17.4 Å². The van der Waals surface area contributed by atoms with Gasteiger partial charge in [-0.1, -0.05) is 32.4 Å². The van der Waals surface area contributed by atoms with Gasteiger partial charge in [0.2, 0.25) is 27.7 Å². The van der Waals surface area contributed by atoms with Gasteiger partial charge in [0.15, 0.2) is 17.2 Å². The van der Waals surface area contributed by atoms with Gasteiger partial charge in [-0.25, -0.2) is 31.4 Å². The maximum atomic E-state index is 15.1. The molecule has 1 saturated heterocycles. The van der Waals surface area contributed by atoms with Gasteiger partial charge in [-0.3, -0.25) is 19.1 Å². The molecule has 2 aromatic rings. The van der Waals surface area contributed by atoms with E-state index in [0.29, 0.717) is 45.4 Å². The highest BCUT2D eigenvalue weighted by atomic mass is 32.2. The number of sulfonamides is 1.